The van der Waals surface area contributed by atoms with E-state index >= 15 is 0 Å². The summed E-state index contributed by atoms with van der Waals surface area (Å²) in [5.74, 6) is 0.122. The third-order valence-corrected chi connectivity index (χ3v) is 1.46. The molecule has 0 aromatic carbocycles. The Morgan fingerprint density at radius 1 is 1.14 bits per heavy atom. The fraction of sp³-hybridized carbons (Fsp3) is 0.636. The molecule has 1 N–H and O–H groups in total. The summed E-state index contributed by atoms with van der Waals surface area (Å²) < 4.78 is 0. The molecule has 0 radical (unpaired) electrons. The minimum atomic E-state index is -0.211. The number of rotatable bonds is 5. The number of carbonyl (C=O) groups excluding carboxylic acids is 2. The Morgan fingerprint density at radius 3 is 2.14 bits per heavy atom. The first kappa shape index (κ1) is 12.9. The van der Waals surface area contributed by atoms with Crippen molar-refractivity contribution in [1.82, 2.24) is 5.32 Å². The normalized spacial score (nSPS) is 11.3. The van der Waals surface area contributed by atoms with Crippen molar-refractivity contribution in [3.8, 4) is 0 Å². The molecule has 0 bridgehead atoms. The van der Waals surface area contributed by atoms with Crippen molar-refractivity contribution in [2.24, 2.45) is 5.92 Å². The Bertz CT molecular complexity index is 205. The molecule has 0 aromatic heterocycles. The van der Waals surface area contributed by atoms with Crippen molar-refractivity contribution >= 4 is 11.7 Å². The lowest BCUT2D eigenvalue weighted by Crippen LogP contribution is -2.28. The summed E-state index contributed by atoms with van der Waals surface area (Å²) in [7, 11) is 0. The van der Waals surface area contributed by atoms with Gasteiger partial charge in [-0.2, -0.15) is 0 Å². The predicted molar refractivity (Wildman–Crippen MR) is 56.9 cm³/mol. The zero-order valence-electron chi connectivity index (χ0n) is 9.33. The SMILES string of the molecule is CC(C)CC(=O)/C=C/C(=O)NC(C)C. The molecule has 0 aliphatic carbocycles. The van der Waals surface area contributed by atoms with Gasteiger partial charge in [0.25, 0.3) is 0 Å². The Hall–Kier alpha value is -1.12. The minimum Gasteiger partial charge on any atom is -0.350 e. The van der Waals surface area contributed by atoms with Crippen LogP contribution < -0.4 is 5.32 Å². The summed E-state index contributed by atoms with van der Waals surface area (Å²) in [6.45, 7) is 7.70. The Kier molecular flexibility index (Phi) is 5.84. The van der Waals surface area contributed by atoms with Gasteiger partial charge < -0.3 is 5.32 Å². The second kappa shape index (κ2) is 6.35. The lowest BCUT2D eigenvalue weighted by molar-refractivity contribution is -0.118. The molecule has 0 aliphatic heterocycles. The number of ketones is 1. The molecule has 0 spiro atoms. The second-order valence-corrected chi connectivity index (χ2v) is 4.06. The Morgan fingerprint density at radius 2 is 1.71 bits per heavy atom. The molecule has 0 heterocycles. The largest absolute Gasteiger partial charge is 0.350 e. The third-order valence-electron chi connectivity index (χ3n) is 1.46. The van der Waals surface area contributed by atoms with Crippen molar-refractivity contribution in [1.29, 1.82) is 0 Å². The number of allylic oxidation sites excluding steroid dienone is 1. The molecule has 0 atom stereocenters. The number of hydrogen-bond acceptors (Lipinski definition) is 2. The highest BCUT2D eigenvalue weighted by molar-refractivity contribution is 5.97. The van der Waals surface area contributed by atoms with Crippen LogP contribution in [0.4, 0.5) is 0 Å². The van der Waals surface area contributed by atoms with Crippen LogP contribution in [0.1, 0.15) is 34.1 Å². The van der Waals surface area contributed by atoms with Gasteiger partial charge in [0.15, 0.2) is 5.78 Å². The average molecular weight is 197 g/mol. The van der Waals surface area contributed by atoms with Crippen LogP contribution in [0.15, 0.2) is 12.2 Å². The molecular formula is C11H19NO2. The summed E-state index contributed by atoms with van der Waals surface area (Å²) in [6.07, 6.45) is 3.13. The van der Waals surface area contributed by atoms with Crippen molar-refractivity contribution in [2.45, 2.75) is 40.2 Å². The van der Waals surface area contributed by atoms with Gasteiger partial charge in [-0.05, 0) is 25.8 Å². The highest BCUT2D eigenvalue weighted by Gasteiger charge is 2.02. The summed E-state index contributed by atoms with van der Waals surface area (Å²) in [5, 5.41) is 2.67. The first-order valence-corrected chi connectivity index (χ1v) is 4.93. The molecule has 0 fully saturated rings. The van der Waals surface area contributed by atoms with Crippen LogP contribution in [-0.4, -0.2) is 17.7 Å². The third kappa shape index (κ3) is 7.53. The van der Waals surface area contributed by atoms with E-state index in [0.717, 1.165) is 0 Å². The van der Waals surface area contributed by atoms with E-state index in [1.165, 1.54) is 12.2 Å². The fourth-order valence-corrected chi connectivity index (χ4v) is 0.972. The van der Waals surface area contributed by atoms with Gasteiger partial charge in [0, 0.05) is 18.5 Å². The van der Waals surface area contributed by atoms with Crippen LogP contribution >= 0.6 is 0 Å². The first-order valence-electron chi connectivity index (χ1n) is 4.93. The molecule has 80 valence electrons. The average Bonchev–Trinajstić information content (AvgIpc) is 1.98. The highest BCUT2D eigenvalue weighted by atomic mass is 16.1. The van der Waals surface area contributed by atoms with Crippen molar-refractivity contribution in [3.05, 3.63) is 12.2 Å². The number of hydrogen-bond donors (Lipinski definition) is 1. The Balaban J connectivity index is 3.92. The van der Waals surface area contributed by atoms with Gasteiger partial charge >= 0.3 is 0 Å². The minimum absolute atomic E-state index is 0.00101. The predicted octanol–water partition coefficient (Wildman–Crippen LogP) is 1.68. The second-order valence-electron chi connectivity index (χ2n) is 4.06. The van der Waals surface area contributed by atoms with Crippen LogP contribution in [0, 0.1) is 5.92 Å². The molecule has 0 aliphatic rings. The van der Waals surface area contributed by atoms with Gasteiger partial charge in [0.05, 0.1) is 0 Å². The van der Waals surface area contributed by atoms with E-state index in [9.17, 15) is 9.59 Å². The van der Waals surface area contributed by atoms with Crippen LogP contribution in [-0.2, 0) is 9.59 Å². The summed E-state index contributed by atoms with van der Waals surface area (Å²) >= 11 is 0. The summed E-state index contributed by atoms with van der Waals surface area (Å²) in [6, 6.07) is 0.104. The van der Waals surface area contributed by atoms with E-state index in [2.05, 4.69) is 5.32 Å². The topological polar surface area (TPSA) is 46.2 Å². The van der Waals surface area contributed by atoms with Gasteiger partial charge in [-0.15, -0.1) is 0 Å². The number of amides is 1. The number of carbonyl (C=O) groups is 2. The van der Waals surface area contributed by atoms with Gasteiger partial charge in [-0.25, -0.2) is 0 Å². The summed E-state index contributed by atoms with van der Waals surface area (Å²) in [5.41, 5.74) is 0. The van der Waals surface area contributed by atoms with E-state index in [0.29, 0.717) is 12.3 Å². The molecular weight excluding hydrogens is 178 g/mol. The van der Waals surface area contributed by atoms with E-state index < -0.39 is 0 Å². The summed E-state index contributed by atoms with van der Waals surface area (Å²) in [4.78, 5) is 22.3. The van der Waals surface area contributed by atoms with Gasteiger partial charge in [0.1, 0.15) is 0 Å². The maximum absolute atomic E-state index is 11.2. The van der Waals surface area contributed by atoms with E-state index in [1.807, 2.05) is 27.7 Å². The molecule has 0 saturated heterocycles. The van der Waals surface area contributed by atoms with Gasteiger partial charge in [-0.3, -0.25) is 9.59 Å². The van der Waals surface area contributed by atoms with Crippen LogP contribution in [0.5, 0.6) is 0 Å². The smallest absolute Gasteiger partial charge is 0.244 e. The molecule has 0 rings (SSSR count). The molecule has 0 saturated carbocycles. The van der Waals surface area contributed by atoms with Crippen molar-refractivity contribution in [2.75, 3.05) is 0 Å². The Labute approximate surface area is 85.6 Å². The molecule has 3 nitrogen and oxygen atoms in total. The quantitative estimate of drug-likeness (QED) is 0.682. The molecule has 3 heteroatoms. The molecule has 1 amide bonds. The maximum Gasteiger partial charge on any atom is 0.244 e. The van der Waals surface area contributed by atoms with Gasteiger partial charge in [0.2, 0.25) is 5.91 Å². The standard InChI is InChI=1S/C11H19NO2/c1-8(2)7-10(13)5-6-11(14)12-9(3)4/h5-6,8-9H,7H2,1-4H3,(H,12,14)/b6-5+. The van der Waals surface area contributed by atoms with Crippen LogP contribution in [0.2, 0.25) is 0 Å². The monoisotopic (exact) mass is 197 g/mol. The maximum atomic E-state index is 11.2. The zero-order chi connectivity index (χ0) is 11.1. The van der Waals surface area contributed by atoms with E-state index in [-0.39, 0.29) is 17.7 Å². The lowest BCUT2D eigenvalue weighted by atomic mass is 10.1. The number of nitrogens with one attached hydrogen (secondary N) is 1. The zero-order valence-corrected chi connectivity index (χ0v) is 9.33. The fourth-order valence-electron chi connectivity index (χ4n) is 0.972. The van der Waals surface area contributed by atoms with Crippen LogP contribution in [0.25, 0.3) is 0 Å². The highest BCUT2D eigenvalue weighted by Crippen LogP contribution is 2.00. The molecule has 0 unspecified atom stereocenters. The van der Waals surface area contributed by atoms with Gasteiger partial charge in [-0.1, -0.05) is 13.8 Å². The molecule has 0 aromatic rings. The van der Waals surface area contributed by atoms with E-state index in [4.69, 9.17) is 0 Å². The van der Waals surface area contributed by atoms with Crippen molar-refractivity contribution in [3.63, 3.8) is 0 Å². The molecule has 14 heavy (non-hydrogen) atoms. The van der Waals surface area contributed by atoms with E-state index in [1.54, 1.807) is 0 Å². The van der Waals surface area contributed by atoms with Crippen molar-refractivity contribution < 1.29 is 9.59 Å². The lowest BCUT2D eigenvalue weighted by Gasteiger charge is -2.04. The first-order chi connectivity index (χ1) is 6.41. The van der Waals surface area contributed by atoms with Crippen LogP contribution in [0.3, 0.4) is 0 Å².